The lowest BCUT2D eigenvalue weighted by Gasteiger charge is -1.91. The summed E-state index contributed by atoms with van der Waals surface area (Å²) in [5.74, 6) is 0. The molecule has 0 bridgehead atoms. The first kappa shape index (κ1) is 9.56. The van der Waals surface area contributed by atoms with Crippen LogP contribution in [0.4, 0.5) is 0 Å². The van der Waals surface area contributed by atoms with E-state index in [9.17, 15) is 0 Å². The molecule has 0 saturated carbocycles. The fraction of sp³-hybridized carbons (Fsp3) is 0.375. The van der Waals surface area contributed by atoms with Gasteiger partial charge in [0, 0.05) is 11.3 Å². The summed E-state index contributed by atoms with van der Waals surface area (Å²) in [6.07, 6.45) is 1.37. The van der Waals surface area contributed by atoms with Crippen LogP contribution in [-0.2, 0) is 6.42 Å². The second kappa shape index (κ2) is 4.48. The SMILES string of the molecule is COc1sc(CCC#N)cc1Br. The van der Waals surface area contributed by atoms with E-state index in [0.29, 0.717) is 6.42 Å². The molecule has 2 nitrogen and oxygen atoms in total. The molecule has 0 radical (unpaired) electrons. The van der Waals surface area contributed by atoms with Crippen LogP contribution >= 0.6 is 27.3 Å². The Morgan fingerprint density at radius 1 is 1.75 bits per heavy atom. The fourth-order valence-electron chi connectivity index (χ4n) is 0.839. The van der Waals surface area contributed by atoms with Gasteiger partial charge in [-0.1, -0.05) is 0 Å². The van der Waals surface area contributed by atoms with Crippen molar-refractivity contribution in [1.29, 1.82) is 5.26 Å². The first-order valence-electron chi connectivity index (χ1n) is 3.47. The summed E-state index contributed by atoms with van der Waals surface area (Å²) in [6.45, 7) is 0. The molecule has 4 heteroatoms. The number of rotatable bonds is 3. The number of hydrogen-bond donors (Lipinski definition) is 0. The summed E-state index contributed by atoms with van der Waals surface area (Å²) in [6, 6.07) is 4.11. The van der Waals surface area contributed by atoms with Crippen molar-refractivity contribution >= 4 is 27.3 Å². The van der Waals surface area contributed by atoms with Crippen molar-refractivity contribution in [2.75, 3.05) is 7.11 Å². The lowest BCUT2D eigenvalue weighted by molar-refractivity contribution is 0.425. The van der Waals surface area contributed by atoms with E-state index in [4.69, 9.17) is 10.00 Å². The first-order chi connectivity index (χ1) is 5.77. The lowest BCUT2D eigenvalue weighted by Crippen LogP contribution is -1.76. The Bertz CT molecular complexity index is 302. The monoisotopic (exact) mass is 245 g/mol. The average molecular weight is 246 g/mol. The molecule has 0 spiro atoms. The van der Waals surface area contributed by atoms with Gasteiger partial charge in [0.25, 0.3) is 0 Å². The van der Waals surface area contributed by atoms with Gasteiger partial charge in [-0.2, -0.15) is 5.26 Å². The van der Waals surface area contributed by atoms with E-state index in [2.05, 4.69) is 22.0 Å². The van der Waals surface area contributed by atoms with Gasteiger partial charge in [-0.05, 0) is 28.4 Å². The van der Waals surface area contributed by atoms with Gasteiger partial charge in [-0.15, -0.1) is 11.3 Å². The number of hydrogen-bond acceptors (Lipinski definition) is 3. The molecule has 0 saturated heterocycles. The van der Waals surface area contributed by atoms with Crippen LogP contribution < -0.4 is 4.74 Å². The van der Waals surface area contributed by atoms with Gasteiger partial charge in [0.2, 0.25) is 0 Å². The van der Waals surface area contributed by atoms with Crippen LogP contribution in [0.1, 0.15) is 11.3 Å². The van der Waals surface area contributed by atoms with Crippen molar-refractivity contribution < 1.29 is 4.74 Å². The van der Waals surface area contributed by atoms with E-state index in [1.54, 1.807) is 18.4 Å². The van der Waals surface area contributed by atoms with Crippen molar-refractivity contribution in [3.63, 3.8) is 0 Å². The summed E-state index contributed by atoms with van der Waals surface area (Å²) in [4.78, 5) is 1.18. The van der Waals surface area contributed by atoms with Crippen molar-refractivity contribution in [3.8, 4) is 11.1 Å². The molecular weight excluding hydrogens is 238 g/mol. The molecule has 0 aliphatic carbocycles. The summed E-state index contributed by atoms with van der Waals surface area (Å²) in [7, 11) is 1.64. The van der Waals surface area contributed by atoms with Crippen LogP contribution in [0.3, 0.4) is 0 Å². The Morgan fingerprint density at radius 3 is 3.00 bits per heavy atom. The van der Waals surface area contributed by atoms with Crippen molar-refractivity contribution in [2.24, 2.45) is 0 Å². The van der Waals surface area contributed by atoms with E-state index in [0.717, 1.165) is 16.0 Å². The van der Waals surface area contributed by atoms with Crippen LogP contribution in [0.25, 0.3) is 0 Å². The highest BCUT2D eigenvalue weighted by atomic mass is 79.9. The zero-order chi connectivity index (χ0) is 8.97. The standard InChI is InChI=1S/C8H8BrNOS/c1-11-8-7(9)5-6(12-8)3-2-4-10/h5H,2-3H2,1H3. The quantitative estimate of drug-likeness (QED) is 0.821. The van der Waals surface area contributed by atoms with Crippen LogP contribution in [0, 0.1) is 11.3 Å². The maximum atomic E-state index is 8.37. The van der Waals surface area contributed by atoms with Gasteiger partial charge in [0.05, 0.1) is 17.7 Å². The molecule has 64 valence electrons. The minimum Gasteiger partial charge on any atom is -0.486 e. The highest BCUT2D eigenvalue weighted by Gasteiger charge is 2.05. The maximum Gasteiger partial charge on any atom is 0.188 e. The van der Waals surface area contributed by atoms with Crippen LogP contribution in [0.5, 0.6) is 5.06 Å². The molecule has 0 amide bonds. The van der Waals surface area contributed by atoms with Gasteiger partial charge in [-0.25, -0.2) is 0 Å². The van der Waals surface area contributed by atoms with Gasteiger partial charge >= 0.3 is 0 Å². The molecular formula is C8H8BrNOS. The van der Waals surface area contributed by atoms with Gasteiger partial charge < -0.3 is 4.74 Å². The number of aryl methyl sites for hydroxylation is 1. The molecule has 1 rings (SSSR count). The second-order valence-corrected chi connectivity index (χ2v) is 4.16. The first-order valence-corrected chi connectivity index (χ1v) is 5.08. The highest BCUT2D eigenvalue weighted by Crippen LogP contribution is 2.34. The van der Waals surface area contributed by atoms with Crippen LogP contribution in [0.2, 0.25) is 0 Å². The van der Waals surface area contributed by atoms with E-state index >= 15 is 0 Å². The van der Waals surface area contributed by atoms with E-state index in [1.165, 1.54) is 4.88 Å². The number of nitriles is 1. The Labute approximate surface area is 83.9 Å². The van der Waals surface area contributed by atoms with E-state index in [-0.39, 0.29) is 0 Å². The number of thiophene rings is 1. The topological polar surface area (TPSA) is 33.0 Å². The number of nitrogens with zero attached hydrogens (tertiary/aromatic N) is 1. The van der Waals surface area contributed by atoms with Crippen molar-refractivity contribution in [2.45, 2.75) is 12.8 Å². The second-order valence-electron chi connectivity index (χ2n) is 2.21. The molecule has 0 aliphatic heterocycles. The molecule has 0 N–H and O–H groups in total. The molecule has 0 aromatic carbocycles. The summed E-state index contributed by atoms with van der Waals surface area (Å²) in [5.41, 5.74) is 0. The van der Waals surface area contributed by atoms with E-state index in [1.807, 2.05) is 6.07 Å². The summed E-state index contributed by atoms with van der Waals surface area (Å²) < 4.78 is 6.07. The Kier molecular flexibility index (Phi) is 3.57. The highest BCUT2D eigenvalue weighted by molar-refractivity contribution is 9.10. The van der Waals surface area contributed by atoms with Gasteiger partial charge in [0.15, 0.2) is 5.06 Å². The number of ether oxygens (including phenoxy) is 1. The van der Waals surface area contributed by atoms with E-state index < -0.39 is 0 Å². The smallest absolute Gasteiger partial charge is 0.188 e. The van der Waals surface area contributed by atoms with Gasteiger partial charge in [-0.3, -0.25) is 0 Å². The Hall–Kier alpha value is -0.530. The summed E-state index contributed by atoms with van der Waals surface area (Å²) >= 11 is 4.95. The third-order valence-corrected chi connectivity index (χ3v) is 3.38. The molecule has 12 heavy (non-hydrogen) atoms. The molecule has 0 fully saturated rings. The molecule has 0 atom stereocenters. The molecule has 0 unspecified atom stereocenters. The average Bonchev–Trinajstić information content (AvgIpc) is 2.43. The predicted octanol–water partition coefficient (Wildman–Crippen LogP) is 2.98. The Morgan fingerprint density at radius 2 is 2.50 bits per heavy atom. The normalized spacial score (nSPS) is 9.42. The van der Waals surface area contributed by atoms with Crippen LogP contribution in [-0.4, -0.2) is 7.11 Å². The molecule has 0 aliphatic rings. The fourth-order valence-corrected chi connectivity index (χ4v) is 2.53. The minimum absolute atomic E-state index is 0.566. The molecule has 1 aromatic heterocycles. The third-order valence-electron chi connectivity index (χ3n) is 1.38. The third kappa shape index (κ3) is 2.23. The summed E-state index contributed by atoms with van der Waals surface area (Å²) in [5, 5.41) is 9.25. The predicted molar refractivity (Wildman–Crippen MR) is 52.5 cm³/mol. The largest absolute Gasteiger partial charge is 0.486 e. The van der Waals surface area contributed by atoms with Gasteiger partial charge in [0.1, 0.15) is 0 Å². The number of methoxy groups -OCH3 is 1. The minimum atomic E-state index is 0.566. The maximum absolute atomic E-state index is 8.37. The molecule has 1 aromatic rings. The zero-order valence-corrected chi connectivity index (χ0v) is 9.04. The van der Waals surface area contributed by atoms with Crippen molar-refractivity contribution in [3.05, 3.63) is 15.4 Å². The van der Waals surface area contributed by atoms with Crippen LogP contribution in [0.15, 0.2) is 10.5 Å². The zero-order valence-electron chi connectivity index (χ0n) is 6.63. The Balaban J connectivity index is 2.70. The van der Waals surface area contributed by atoms with Crippen molar-refractivity contribution in [1.82, 2.24) is 0 Å². The number of halogens is 1. The lowest BCUT2D eigenvalue weighted by atomic mass is 10.3. The molecule has 1 heterocycles.